The minimum absolute atomic E-state index is 0. The zero-order valence-corrected chi connectivity index (χ0v) is 27.4. The molecule has 0 bridgehead atoms. The van der Waals surface area contributed by atoms with Crippen molar-refractivity contribution in [3.63, 3.8) is 0 Å². The minimum atomic E-state index is -0.751. The molecule has 0 aliphatic heterocycles. The van der Waals surface area contributed by atoms with Crippen molar-refractivity contribution >= 4 is 33.5 Å². The first kappa shape index (κ1) is 36.8. The summed E-state index contributed by atoms with van der Waals surface area (Å²) in [7, 11) is 7.50. The summed E-state index contributed by atoms with van der Waals surface area (Å²) in [5, 5.41) is 0. The molecule has 4 radical (unpaired) electrons. The van der Waals surface area contributed by atoms with Crippen molar-refractivity contribution in [2.24, 2.45) is 46.3 Å². The van der Waals surface area contributed by atoms with Crippen LogP contribution >= 0.6 is 0 Å². The Morgan fingerprint density at radius 3 is 1.94 bits per heavy atom. The molecule has 0 saturated carbocycles. The van der Waals surface area contributed by atoms with Gasteiger partial charge in [0.2, 0.25) is 0 Å². The van der Waals surface area contributed by atoms with Crippen LogP contribution < -0.4 is 0 Å². The van der Waals surface area contributed by atoms with Gasteiger partial charge >= 0.3 is 0 Å². The molecule has 0 aromatic heterocycles. The first-order valence-electron chi connectivity index (χ1n) is 13.4. The van der Waals surface area contributed by atoms with Gasteiger partial charge in [-0.3, -0.25) is 11.1 Å². The zero-order chi connectivity index (χ0) is 26.1. The van der Waals surface area contributed by atoms with Crippen molar-refractivity contribution in [2.75, 3.05) is 0 Å². The van der Waals surface area contributed by atoms with E-state index in [2.05, 4.69) is 61.2 Å². The van der Waals surface area contributed by atoms with E-state index in [-0.39, 0.29) is 62.7 Å². The van der Waals surface area contributed by atoms with Crippen LogP contribution in [0.3, 0.4) is 0 Å². The molecule has 0 heterocycles. The SMILES string of the molecule is [B][B]B(C)C(C(C)(C)[C-]=O)C(C)(C)C(=O)C(C)C(C)C(C)C(C)CCC(C)CC[CH-]C(C)C.[Y]. The van der Waals surface area contributed by atoms with Gasteiger partial charge in [-0.1, -0.05) is 108 Å². The number of ketones is 1. The standard InChI is InChI=1S/C28H52B3O2.Y/c1-19(2)14-13-15-20(3)16-17-21(4)22(5)23(6)24(7)25(33)28(10,11)26(31(12)30-29)27(8,9)18-32;/h14,19-24,26H,13,15-17H2,1-12H3;/q-2;. The molecule has 190 valence electrons. The number of Topliss-reactive ketones (excluding diaryl/α,β-unsaturated/α-hetero) is 1. The van der Waals surface area contributed by atoms with Gasteiger partial charge in [0.15, 0.2) is 0 Å². The van der Waals surface area contributed by atoms with E-state index in [4.69, 9.17) is 7.74 Å². The number of carbonyl (C=O) groups is 1. The Labute approximate surface area is 241 Å². The van der Waals surface area contributed by atoms with Crippen molar-refractivity contribution in [1.82, 2.24) is 0 Å². The molecular weight excluding hydrogens is 490 g/mol. The van der Waals surface area contributed by atoms with E-state index < -0.39 is 10.8 Å². The second kappa shape index (κ2) is 16.5. The summed E-state index contributed by atoms with van der Waals surface area (Å²) in [5.74, 6) is 2.65. The van der Waals surface area contributed by atoms with Crippen molar-refractivity contribution in [2.45, 2.75) is 114 Å². The van der Waals surface area contributed by atoms with Crippen LogP contribution in [0, 0.1) is 52.8 Å². The topological polar surface area (TPSA) is 34.1 Å². The Bertz CT molecular complexity index is 594. The van der Waals surface area contributed by atoms with Crippen LogP contribution in [-0.4, -0.2) is 33.5 Å². The third-order valence-corrected chi connectivity index (χ3v) is 8.62. The zero-order valence-electron chi connectivity index (χ0n) is 24.6. The van der Waals surface area contributed by atoms with Crippen LogP contribution in [0.4, 0.5) is 0 Å². The normalized spacial score (nSPS) is 17.7. The molecule has 0 aromatic rings. The number of hydrogen-bond donors (Lipinski definition) is 0. The fourth-order valence-electron chi connectivity index (χ4n) is 6.01. The first-order valence-corrected chi connectivity index (χ1v) is 13.4. The predicted octanol–water partition coefficient (Wildman–Crippen LogP) is 7.10. The minimum Gasteiger partial charge on any atom is -0.541 e. The van der Waals surface area contributed by atoms with E-state index in [1.165, 1.54) is 25.7 Å². The third-order valence-electron chi connectivity index (χ3n) is 8.62. The second-order valence-electron chi connectivity index (χ2n) is 12.7. The molecule has 0 N–H and O–H groups in total. The van der Waals surface area contributed by atoms with Gasteiger partial charge in [0, 0.05) is 58.8 Å². The van der Waals surface area contributed by atoms with E-state index >= 15 is 0 Å². The molecule has 0 saturated heterocycles. The predicted molar refractivity (Wildman–Crippen MR) is 149 cm³/mol. The van der Waals surface area contributed by atoms with Crippen molar-refractivity contribution in [3.05, 3.63) is 6.42 Å². The van der Waals surface area contributed by atoms with Crippen LogP contribution in [0.5, 0.6) is 0 Å². The van der Waals surface area contributed by atoms with Gasteiger partial charge in [-0.25, -0.2) is 0 Å². The van der Waals surface area contributed by atoms with E-state index in [1.54, 1.807) is 7.06 Å². The average Bonchev–Trinajstić information content (AvgIpc) is 2.74. The maximum Gasteiger partial charge on any atom is 0.141 e. The summed E-state index contributed by atoms with van der Waals surface area (Å²) in [6.07, 6.45) is 9.52. The second-order valence-corrected chi connectivity index (χ2v) is 12.7. The Morgan fingerprint density at radius 1 is 0.971 bits per heavy atom. The van der Waals surface area contributed by atoms with Crippen molar-refractivity contribution < 1.29 is 42.3 Å². The number of carbonyl (C=O) groups excluding carboxylic acids is 2. The molecule has 34 heavy (non-hydrogen) atoms. The number of rotatable bonds is 17. The van der Waals surface area contributed by atoms with E-state index in [0.29, 0.717) is 17.8 Å². The Balaban J connectivity index is 0. The summed E-state index contributed by atoms with van der Waals surface area (Å²) in [6, 6.07) is 0. The molecule has 2 nitrogen and oxygen atoms in total. The fourth-order valence-corrected chi connectivity index (χ4v) is 6.01. The summed E-state index contributed by atoms with van der Waals surface area (Å²) in [4.78, 5) is 25.6. The maximum absolute atomic E-state index is 13.8. The third kappa shape index (κ3) is 10.9. The smallest absolute Gasteiger partial charge is 0.141 e. The van der Waals surface area contributed by atoms with E-state index in [9.17, 15) is 9.59 Å². The van der Waals surface area contributed by atoms with Gasteiger partial charge in [-0.2, -0.15) is 12.3 Å². The van der Waals surface area contributed by atoms with Gasteiger partial charge in [0.1, 0.15) is 5.78 Å². The van der Waals surface area contributed by atoms with Crippen LogP contribution in [0.1, 0.15) is 102 Å². The van der Waals surface area contributed by atoms with Crippen LogP contribution in [0.2, 0.25) is 12.6 Å². The van der Waals surface area contributed by atoms with Gasteiger partial charge in [0.05, 0.1) is 6.60 Å². The number of hydrogen-bond acceptors (Lipinski definition) is 2. The Hall–Kier alpha value is 0.639. The van der Waals surface area contributed by atoms with Crippen LogP contribution in [0.25, 0.3) is 0 Å². The Kier molecular flexibility index (Phi) is 17.8. The molecule has 0 fully saturated rings. The summed E-state index contributed by atoms with van der Waals surface area (Å²) in [6.45, 7) is 25.5. The van der Waals surface area contributed by atoms with Gasteiger partial charge in [0.25, 0.3) is 0 Å². The molecule has 6 unspecified atom stereocenters. The average molecular weight is 542 g/mol. The maximum atomic E-state index is 13.8. The Morgan fingerprint density at radius 2 is 1.50 bits per heavy atom. The van der Waals surface area contributed by atoms with Crippen LogP contribution in [-0.2, 0) is 42.3 Å². The van der Waals surface area contributed by atoms with Gasteiger partial charge < -0.3 is 11.2 Å². The monoisotopic (exact) mass is 542 g/mol. The van der Waals surface area contributed by atoms with E-state index in [1.807, 2.05) is 34.5 Å². The molecule has 0 aliphatic carbocycles. The van der Waals surface area contributed by atoms with Gasteiger partial charge in [-0.05, 0) is 23.7 Å². The van der Waals surface area contributed by atoms with Crippen molar-refractivity contribution in [3.8, 4) is 0 Å². The first-order chi connectivity index (χ1) is 15.0. The van der Waals surface area contributed by atoms with E-state index in [0.717, 1.165) is 5.92 Å². The molecule has 0 aromatic carbocycles. The molecule has 6 atom stereocenters. The molecule has 0 rings (SSSR count). The summed E-state index contributed by atoms with van der Waals surface area (Å²) in [5.41, 5.74) is -1.42. The molecular formula is C28H52B3O2Y-2. The molecule has 0 amide bonds. The molecule has 0 aliphatic rings. The van der Waals surface area contributed by atoms with Crippen LogP contribution in [0.15, 0.2) is 0 Å². The summed E-state index contributed by atoms with van der Waals surface area (Å²) < 4.78 is 0. The fraction of sp³-hybridized carbons (Fsp3) is 0.893. The van der Waals surface area contributed by atoms with Crippen molar-refractivity contribution in [1.29, 1.82) is 0 Å². The molecule has 6 heteroatoms. The summed E-state index contributed by atoms with van der Waals surface area (Å²) >= 11 is 0. The van der Waals surface area contributed by atoms with Gasteiger partial charge in [-0.15, -0.1) is 5.41 Å². The molecule has 0 spiro atoms. The largest absolute Gasteiger partial charge is 0.541 e. The quantitative estimate of drug-likeness (QED) is 0.145.